The Bertz CT molecular complexity index is 3450. The summed E-state index contributed by atoms with van der Waals surface area (Å²) in [4.78, 5) is 15.4. The highest BCUT2D eigenvalue weighted by Crippen LogP contribution is 2.43. The summed E-state index contributed by atoms with van der Waals surface area (Å²) in [6.07, 6.45) is 4.18. The van der Waals surface area contributed by atoms with E-state index in [1.165, 1.54) is 74.7 Å². The van der Waals surface area contributed by atoms with Gasteiger partial charge in [0, 0.05) is 53.9 Å². The molecule has 1 aliphatic carbocycles. The summed E-state index contributed by atoms with van der Waals surface area (Å²) < 4.78 is 7.47. The van der Waals surface area contributed by atoms with Crippen molar-refractivity contribution in [3.05, 3.63) is 185 Å². The fraction of sp³-hybridized carbons (Fsp3) is 0.0392. The average Bonchev–Trinajstić information content (AvgIpc) is 3.95. The molecule has 11 aromatic rings. The van der Waals surface area contributed by atoms with Gasteiger partial charge in [-0.3, -0.25) is 0 Å². The lowest BCUT2D eigenvalue weighted by Gasteiger charge is -2.13. The first-order chi connectivity index (χ1) is 28.3. The van der Waals surface area contributed by atoms with Gasteiger partial charge in [0.15, 0.2) is 17.5 Å². The predicted octanol–water partition coefficient (Wildman–Crippen LogP) is 11.4. The summed E-state index contributed by atoms with van der Waals surface area (Å²) in [6.45, 7) is 0. The Morgan fingerprint density at radius 2 is 0.965 bits per heavy atom. The Balaban J connectivity index is 1.18. The highest BCUT2D eigenvalue weighted by atomic mass is 32.1. The monoisotopic (exact) mass is 747 g/mol. The molecule has 0 saturated carbocycles. The van der Waals surface area contributed by atoms with E-state index in [0.29, 0.717) is 11.6 Å². The van der Waals surface area contributed by atoms with Crippen molar-refractivity contribution >= 4 is 76.7 Å². The van der Waals surface area contributed by atoms with E-state index in [9.17, 15) is 0 Å². The Hall–Kier alpha value is -7.15. The normalized spacial score (nSPS) is 12.9. The number of hydrogen-bond acceptors (Lipinski definition) is 4. The maximum absolute atomic E-state index is 5.20. The van der Waals surface area contributed by atoms with Crippen LogP contribution in [0.4, 0.5) is 0 Å². The largest absolute Gasteiger partial charge is 0.307 e. The minimum Gasteiger partial charge on any atom is -0.307 e. The molecule has 4 aromatic heterocycles. The second-order valence-corrected chi connectivity index (χ2v) is 15.7. The molecule has 7 aromatic carbocycles. The van der Waals surface area contributed by atoms with Crippen molar-refractivity contribution < 1.29 is 0 Å². The summed E-state index contributed by atoms with van der Waals surface area (Å²) in [7, 11) is 0. The van der Waals surface area contributed by atoms with E-state index in [1.807, 2.05) is 47.7 Å². The van der Waals surface area contributed by atoms with Crippen molar-refractivity contribution in [1.82, 2.24) is 24.1 Å². The summed E-state index contributed by atoms with van der Waals surface area (Å²) in [5, 5.41) is 7.49. The first-order valence-electron chi connectivity index (χ1n) is 19.4. The minimum absolute atomic E-state index is 0.688. The molecule has 0 unspecified atom stereocenters. The van der Waals surface area contributed by atoms with Crippen molar-refractivity contribution in [3.8, 4) is 34.2 Å². The Morgan fingerprint density at radius 1 is 0.439 bits per heavy atom. The zero-order chi connectivity index (χ0) is 37.5. The first kappa shape index (κ1) is 32.1. The molecule has 0 atom stereocenters. The van der Waals surface area contributed by atoms with Gasteiger partial charge in [0.2, 0.25) is 0 Å². The van der Waals surface area contributed by atoms with E-state index < -0.39 is 0 Å². The van der Waals surface area contributed by atoms with Crippen LogP contribution in [0, 0.1) is 0 Å². The van der Waals surface area contributed by atoms with Gasteiger partial charge in [0.25, 0.3) is 0 Å². The molecule has 0 N–H and O–H groups in total. The molecule has 0 bridgehead atoms. The number of hydrogen-bond donors (Lipinski definition) is 0. The van der Waals surface area contributed by atoms with Crippen molar-refractivity contribution in [3.63, 3.8) is 0 Å². The fourth-order valence-corrected chi connectivity index (χ4v) is 10.3. The number of fused-ring (bicyclic) bond motifs is 10. The van der Waals surface area contributed by atoms with Gasteiger partial charge in [-0.2, -0.15) is 0 Å². The van der Waals surface area contributed by atoms with Crippen LogP contribution in [-0.2, 0) is 0 Å². The van der Waals surface area contributed by atoms with Gasteiger partial charge in [-0.05, 0) is 48.4 Å². The molecule has 268 valence electrons. The number of aromatic nitrogens is 5. The van der Waals surface area contributed by atoms with Crippen LogP contribution in [0.1, 0.15) is 18.7 Å². The molecule has 5 nitrogen and oxygen atoms in total. The minimum atomic E-state index is 0.688. The van der Waals surface area contributed by atoms with Crippen LogP contribution >= 0.6 is 11.3 Å². The van der Waals surface area contributed by atoms with E-state index in [2.05, 4.69) is 149 Å². The van der Waals surface area contributed by atoms with Gasteiger partial charge < -0.3 is 9.13 Å². The van der Waals surface area contributed by atoms with Crippen LogP contribution in [0.3, 0.4) is 0 Å². The molecular weight excluding hydrogens is 715 g/mol. The molecule has 0 radical (unpaired) electrons. The zero-order valence-electron chi connectivity index (χ0n) is 30.8. The quantitative estimate of drug-likeness (QED) is 0.176. The van der Waals surface area contributed by atoms with Crippen LogP contribution in [0.2, 0.25) is 0 Å². The molecule has 0 aliphatic heterocycles. The molecule has 0 saturated heterocycles. The average molecular weight is 748 g/mol. The number of rotatable bonds is 5. The summed E-state index contributed by atoms with van der Waals surface area (Å²) in [5.74, 6) is 2.12. The van der Waals surface area contributed by atoms with Crippen LogP contribution in [0.15, 0.2) is 170 Å². The third-order valence-electron chi connectivity index (χ3n) is 11.4. The lowest BCUT2D eigenvalue weighted by atomic mass is 10.0. The molecule has 1 aliphatic rings. The highest BCUT2D eigenvalue weighted by molar-refractivity contribution is 7.17. The second-order valence-electron chi connectivity index (χ2n) is 14.7. The van der Waals surface area contributed by atoms with Gasteiger partial charge in [-0.1, -0.05) is 146 Å². The van der Waals surface area contributed by atoms with Crippen molar-refractivity contribution in [2.75, 3.05) is 0 Å². The summed E-state index contributed by atoms with van der Waals surface area (Å²) in [6, 6.07) is 60.4. The van der Waals surface area contributed by atoms with Crippen LogP contribution < -0.4 is 9.75 Å². The molecule has 0 amide bonds. The van der Waals surface area contributed by atoms with E-state index in [1.54, 1.807) is 0 Å². The maximum atomic E-state index is 5.20. The van der Waals surface area contributed by atoms with Crippen LogP contribution in [0.5, 0.6) is 0 Å². The van der Waals surface area contributed by atoms with Crippen molar-refractivity contribution in [1.29, 1.82) is 0 Å². The van der Waals surface area contributed by atoms with Crippen LogP contribution in [-0.4, -0.2) is 24.1 Å². The van der Waals surface area contributed by atoms with E-state index in [4.69, 9.17) is 15.0 Å². The smallest absolute Gasteiger partial charge is 0.164 e. The lowest BCUT2D eigenvalue weighted by molar-refractivity contribution is 0.987. The first-order valence-corrected chi connectivity index (χ1v) is 20.2. The van der Waals surface area contributed by atoms with E-state index >= 15 is 0 Å². The Kier molecular flexibility index (Phi) is 7.16. The fourth-order valence-electron chi connectivity index (χ4n) is 8.95. The Morgan fingerprint density at radius 3 is 1.61 bits per heavy atom. The zero-order valence-corrected chi connectivity index (χ0v) is 31.6. The molecule has 6 heteroatoms. The number of para-hydroxylation sites is 3. The van der Waals surface area contributed by atoms with E-state index in [-0.39, 0.29) is 0 Å². The van der Waals surface area contributed by atoms with Crippen LogP contribution in [0.25, 0.3) is 99.5 Å². The standard InChI is InChI=1S/C51H33N5S/c1-4-16-32(17-5-1)49-52-50(33-18-6-2-7-19-33)54-51(53-49)41-26-14-24-39-40-25-15-29-44(48(40)57-47(39)41)56-43-28-13-11-23-36(43)38-31-30-37-35-22-10-12-27-42(35)55(45(37)46(38)56)34-20-8-3-9-21-34/h1-13,15-25,27-31H,14,26H2. The highest BCUT2D eigenvalue weighted by Gasteiger charge is 2.24. The van der Waals surface area contributed by atoms with Gasteiger partial charge in [0.1, 0.15) is 0 Å². The second kappa shape index (κ2) is 12.7. The number of thiophene rings is 1. The molecule has 0 spiro atoms. The van der Waals surface area contributed by atoms with Gasteiger partial charge >= 0.3 is 0 Å². The predicted molar refractivity (Wildman–Crippen MR) is 237 cm³/mol. The third-order valence-corrected chi connectivity index (χ3v) is 12.7. The summed E-state index contributed by atoms with van der Waals surface area (Å²) >= 11 is 1.86. The Labute approximate surface area is 331 Å². The van der Waals surface area contributed by atoms with Crippen molar-refractivity contribution in [2.45, 2.75) is 12.8 Å². The topological polar surface area (TPSA) is 48.5 Å². The van der Waals surface area contributed by atoms with Crippen molar-refractivity contribution in [2.24, 2.45) is 0 Å². The number of nitrogens with zero attached hydrogens (tertiary/aromatic N) is 5. The van der Waals surface area contributed by atoms with E-state index in [0.717, 1.165) is 35.5 Å². The lowest BCUT2D eigenvalue weighted by Crippen LogP contribution is -2.26. The molecule has 0 fully saturated rings. The maximum Gasteiger partial charge on any atom is 0.164 e. The number of benzene rings is 7. The van der Waals surface area contributed by atoms with Gasteiger partial charge in [-0.15, -0.1) is 11.3 Å². The molecule has 57 heavy (non-hydrogen) atoms. The summed E-state index contributed by atoms with van der Waals surface area (Å²) in [5.41, 5.74) is 10.3. The third kappa shape index (κ3) is 4.91. The van der Waals surface area contributed by atoms with Gasteiger partial charge in [0.05, 0.1) is 32.5 Å². The molecular formula is C51H33N5S. The SMILES string of the molecule is C1=c2c(sc3c(-n4c5ccccc5c5ccc6c7ccccc7n(-c7ccccc7)c6c54)cccc23)=C(c2nc(-c3ccccc3)nc(-c3ccccc3)n2)CC1. The molecule has 12 rings (SSSR count). The van der Waals surface area contributed by atoms with Gasteiger partial charge in [-0.25, -0.2) is 15.0 Å². The molecule has 4 heterocycles.